The van der Waals surface area contributed by atoms with E-state index < -0.39 is 0 Å². The maximum atomic E-state index is 11.8. The number of nitrogens with zero attached hydrogens (tertiary/aromatic N) is 2. The minimum atomic E-state index is -0.135. The van der Waals surface area contributed by atoms with Gasteiger partial charge < -0.3 is 15.5 Å². The van der Waals surface area contributed by atoms with Crippen molar-refractivity contribution in [1.29, 1.82) is 0 Å². The van der Waals surface area contributed by atoms with Gasteiger partial charge in [-0.1, -0.05) is 30.3 Å². The first-order chi connectivity index (χ1) is 12.8. The lowest BCUT2D eigenvalue weighted by Crippen LogP contribution is -2.35. The van der Waals surface area contributed by atoms with Crippen LogP contribution in [0.15, 0.2) is 48.7 Å². The molecule has 0 unspecified atom stereocenters. The molecule has 1 saturated heterocycles. The second kappa shape index (κ2) is 7.77. The predicted molar refractivity (Wildman–Crippen MR) is 104 cm³/mol. The Balaban J connectivity index is 1.26. The maximum absolute atomic E-state index is 11.8. The fourth-order valence-electron chi connectivity index (χ4n) is 3.54. The summed E-state index contributed by atoms with van der Waals surface area (Å²) in [5.41, 5.74) is 2.18. The van der Waals surface area contributed by atoms with Crippen molar-refractivity contribution in [2.75, 3.05) is 23.3 Å². The number of aromatic nitrogens is 1. The minimum Gasteiger partial charge on any atom is -0.357 e. The summed E-state index contributed by atoms with van der Waals surface area (Å²) >= 11 is 0. The highest BCUT2D eigenvalue weighted by molar-refractivity contribution is 5.89. The number of hydrogen-bond acceptors (Lipinski definition) is 3. The molecule has 1 aromatic carbocycles. The molecule has 2 amide bonds. The van der Waals surface area contributed by atoms with E-state index in [-0.39, 0.29) is 6.03 Å². The number of hydrogen-bond donors (Lipinski definition) is 2. The molecule has 2 fully saturated rings. The molecular formula is C21H26N4O. The van der Waals surface area contributed by atoms with Crippen molar-refractivity contribution in [1.82, 2.24) is 10.3 Å². The molecule has 4 rings (SSSR count). The van der Waals surface area contributed by atoms with Crippen LogP contribution in [-0.4, -0.2) is 30.1 Å². The third-order valence-electron chi connectivity index (χ3n) is 5.22. The highest BCUT2D eigenvalue weighted by atomic mass is 16.2. The molecule has 1 aliphatic carbocycles. The zero-order valence-electron chi connectivity index (χ0n) is 15.0. The molecule has 5 heteroatoms. The summed E-state index contributed by atoms with van der Waals surface area (Å²) in [7, 11) is 0. The number of pyridine rings is 1. The van der Waals surface area contributed by atoms with Gasteiger partial charge in [-0.15, -0.1) is 0 Å². The van der Waals surface area contributed by atoms with Crippen LogP contribution in [0.5, 0.6) is 0 Å². The Bertz CT molecular complexity index is 719. The van der Waals surface area contributed by atoms with Gasteiger partial charge in [0.2, 0.25) is 0 Å². The van der Waals surface area contributed by atoms with Gasteiger partial charge in [0.15, 0.2) is 0 Å². The summed E-state index contributed by atoms with van der Waals surface area (Å²) in [6, 6.07) is 14.9. The molecule has 26 heavy (non-hydrogen) atoms. The smallest absolute Gasteiger partial charge is 0.319 e. The average Bonchev–Trinajstić information content (AvgIpc) is 3.48. The first-order valence-electron chi connectivity index (χ1n) is 9.59. The lowest BCUT2D eigenvalue weighted by molar-refractivity contribution is 0.251. The molecule has 1 aromatic heterocycles. The van der Waals surface area contributed by atoms with E-state index in [1.54, 1.807) is 6.20 Å². The molecule has 0 radical (unpaired) electrons. The third kappa shape index (κ3) is 4.54. The van der Waals surface area contributed by atoms with E-state index in [0.717, 1.165) is 43.4 Å². The Morgan fingerprint density at radius 3 is 2.46 bits per heavy atom. The molecule has 2 aliphatic rings. The van der Waals surface area contributed by atoms with Crippen LogP contribution >= 0.6 is 0 Å². The summed E-state index contributed by atoms with van der Waals surface area (Å²) in [5, 5.41) is 5.76. The molecule has 2 aromatic rings. The largest absolute Gasteiger partial charge is 0.357 e. The van der Waals surface area contributed by atoms with Crippen LogP contribution in [0, 0.1) is 5.92 Å². The van der Waals surface area contributed by atoms with Crippen LogP contribution in [0.25, 0.3) is 0 Å². The second-order valence-electron chi connectivity index (χ2n) is 7.40. The Morgan fingerprint density at radius 2 is 1.81 bits per heavy atom. The number of benzene rings is 1. The topological polar surface area (TPSA) is 57.3 Å². The monoisotopic (exact) mass is 350 g/mol. The van der Waals surface area contributed by atoms with Crippen LogP contribution in [-0.2, 0) is 6.42 Å². The summed E-state index contributed by atoms with van der Waals surface area (Å²) in [4.78, 5) is 18.7. The Labute approximate surface area is 154 Å². The average molecular weight is 350 g/mol. The maximum Gasteiger partial charge on any atom is 0.319 e. The normalized spacial score (nSPS) is 17.8. The van der Waals surface area contributed by atoms with Gasteiger partial charge in [0.1, 0.15) is 5.82 Å². The lowest BCUT2D eigenvalue weighted by atomic mass is 9.90. The fourth-order valence-corrected chi connectivity index (χ4v) is 3.54. The number of carbonyl (C=O) groups is 1. The SMILES string of the molecule is O=C(Nc1ccc(N2CCC(Cc3ccccc3)CC2)nc1)NC1CC1. The quantitative estimate of drug-likeness (QED) is 0.862. The van der Waals surface area contributed by atoms with E-state index in [2.05, 4.69) is 50.8 Å². The zero-order chi connectivity index (χ0) is 17.8. The predicted octanol–water partition coefficient (Wildman–Crippen LogP) is 3.82. The highest BCUT2D eigenvalue weighted by Gasteiger charge is 2.23. The molecule has 1 aliphatic heterocycles. The summed E-state index contributed by atoms with van der Waals surface area (Å²) in [6.07, 6.45) is 7.48. The van der Waals surface area contributed by atoms with Gasteiger partial charge in [-0.2, -0.15) is 0 Å². The van der Waals surface area contributed by atoms with Crippen molar-refractivity contribution in [2.45, 2.75) is 38.1 Å². The third-order valence-corrected chi connectivity index (χ3v) is 5.22. The van der Waals surface area contributed by atoms with E-state index in [1.807, 2.05) is 12.1 Å². The van der Waals surface area contributed by atoms with E-state index in [0.29, 0.717) is 6.04 Å². The number of urea groups is 1. The van der Waals surface area contributed by atoms with Crippen LogP contribution < -0.4 is 15.5 Å². The van der Waals surface area contributed by atoms with Gasteiger partial charge in [-0.3, -0.25) is 0 Å². The highest BCUT2D eigenvalue weighted by Crippen LogP contribution is 2.25. The van der Waals surface area contributed by atoms with Crippen LogP contribution in [0.2, 0.25) is 0 Å². The van der Waals surface area contributed by atoms with E-state index >= 15 is 0 Å². The fraction of sp³-hybridized carbons (Fsp3) is 0.429. The number of amides is 2. The summed E-state index contributed by atoms with van der Waals surface area (Å²) in [5.74, 6) is 1.75. The van der Waals surface area contributed by atoms with Crippen molar-refractivity contribution >= 4 is 17.5 Å². The number of nitrogens with one attached hydrogen (secondary N) is 2. The summed E-state index contributed by atoms with van der Waals surface area (Å²) < 4.78 is 0. The number of anilines is 2. The molecule has 0 bridgehead atoms. The Morgan fingerprint density at radius 1 is 1.04 bits per heavy atom. The second-order valence-corrected chi connectivity index (χ2v) is 7.40. The van der Waals surface area contributed by atoms with Gasteiger partial charge >= 0.3 is 6.03 Å². The van der Waals surface area contributed by atoms with Crippen molar-refractivity contribution in [3.8, 4) is 0 Å². The molecule has 1 saturated carbocycles. The van der Waals surface area contributed by atoms with Crippen molar-refractivity contribution in [2.24, 2.45) is 5.92 Å². The van der Waals surface area contributed by atoms with Crippen LogP contribution in [0.4, 0.5) is 16.3 Å². The van der Waals surface area contributed by atoms with E-state index in [1.165, 1.54) is 24.8 Å². The number of carbonyl (C=O) groups excluding carboxylic acids is 1. The Hall–Kier alpha value is -2.56. The van der Waals surface area contributed by atoms with Crippen molar-refractivity contribution in [3.05, 3.63) is 54.2 Å². The molecule has 136 valence electrons. The molecule has 2 N–H and O–H groups in total. The van der Waals surface area contributed by atoms with Crippen molar-refractivity contribution < 1.29 is 4.79 Å². The molecular weight excluding hydrogens is 324 g/mol. The van der Waals surface area contributed by atoms with E-state index in [9.17, 15) is 4.79 Å². The van der Waals surface area contributed by atoms with Gasteiger partial charge in [-0.05, 0) is 55.7 Å². The van der Waals surface area contributed by atoms with Crippen molar-refractivity contribution in [3.63, 3.8) is 0 Å². The molecule has 0 spiro atoms. The number of piperidine rings is 1. The standard InChI is InChI=1S/C21H26N4O/c26-21(23-18-6-7-18)24-19-8-9-20(22-15-19)25-12-10-17(11-13-25)14-16-4-2-1-3-5-16/h1-5,8-9,15,17-18H,6-7,10-14H2,(H2,23,24,26). The molecule has 0 atom stereocenters. The first-order valence-corrected chi connectivity index (χ1v) is 9.59. The molecule has 2 heterocycles. The van der Waals surface area contributed by atoms with Gasteiger partial charge in [-0.25, -0.2) is 9.78 Å². The van der Waals surface area contributed by atoms with Gasteiger partial charge in [0, 0.05) is 19.1 Å². The minimum absolute atomic E-state index is 0.135. The van der Waals surface area contributed by atoms with E-state index in [4.69, 9.17) is 0 Å². The first kappa shape index (κ1) is 16.9. The number of rotatable bonds is 5. The summed E-state index contributed by atoms with van der Waals surface area (Å²) in [6.45, 7) is 2.08. The Kier molecular flexibility index (Phi) is 5.04. The van der Waals surface area contributed by atoms with Crippen LogP contribution in [0.3, 0.4) is 0 Å². The molecule has 5 nitrogen and oxygen atoms in total. The lowest BCUT2D eigenvalue weighted by Gasteiger charge is -2.33. The van der Waals surface area contributed by atoms with Gasteiger partial charge in [0.25, 0.3) is 0 Å². The van der Waals surface area contributed by atoms with Gasteiger partial charge in [0.05, 0.1) is 11.9 Å². The zero-order valence-corrected chi connectivity index (χ0v) is 15.0. The van der Waals surface area contributed by atoms with Crippen LogP contribution in [0.1, 0.15) is 31.2 Å².